The van der Waals surface area contributed by atoms with Crippen LogP contribution in [0.3, 0.4) is 0 Å². The van der Waals surface area contributed by atoms with Gasteiger partial charge in [0.2, 0.25) is 5.91 Å². The molecule has 3 unspecified atom stereocenters. The van der Waals surface area contributed by atoms with Crippen LogP contribution >= 0.6 is 12.4 Å². The average molecular weight is 377 g/mol. The predicted octanol–water partition coefficient (Wildman–Crippen LogP) is 1.86. The molecule has 0 bridgehead atoms. The van der Waals surface area contributed by atoms with Crippen LogP contribution in [-0.2, 0) is 11.2 Å². The molecule has 26 heavy (non-hydrogen) atoms. The van der Waals surface area contributed by atoms with Crippen molar-refractivity contribution in [1.82, 2.24) is 14.9 Å². The smallest absolute Gasteiger partial charge is 0.258 e. The highest BCUT2D eigenvalue weighted by Gasteiger charge is 2.42. The van der Waals surface area contributed by atoms with E-state index in [9.17, 15) is 9.59 Å². The number of H-pyrrole nitrogens is 1. The number of hydrogen-bond acceptors (Lipinski definition) is 4. The lowest BCUT2D eigenvalue weighted by molar-refractivity contribution is -0.130. The van der Waals surface area contributed by atoms with Gasteiger partial charge in [-0.25, -0.2) is 4.98 Å². The van der Waals surface area contributed by atoms with E-state index in [1.807, 2.05) is 23.1 Å². The number of halogens is 1. The number of aromatic nitrogens is 2. The molecule has 1 saturated heterocycles. The van der Waals surface area contributed by atoms with E-state index in [1.54, 1.807) is 6.07 Å². The van der Waals surface area contributed by atoms with Crippen molar-refractivity contribution in [3.8, 4) is 0 Å². The molecule has 0 radical (unpaired) electrons. The van der Waals surface area contributed by atoms with Gasteiger partial charge >= 0.3 is 0 Å². The summed E-state index contributed by atoms with van der Waals surface area (Å²) in [6, 6.07) is 7.57. The molecule has 7 heteroatoms. The van der Waals surface area contributed by atoms with Gasteiger partial charge in [0.15, 0.2) is 0 Å². The summed E-state index contributed by atoms with van der Waals surface area (Å²) in [7, 11) is 0. The summed E-state index contributed by atoms with van der Waals surface area (Å²) in [4.78, 5) is 33.8. The Hall–Kier alpha value is -1.92. The molecule has 4 rings (SSSR count). The van der Waals surface area contributed by atoms with Gasteiger partial charge in [-0.1, -0.05) is 12.1 Å². The van der Waals surface area contributed by atoms with Crippen molar-refractivity contribution in [3.05, 3.63) is 40.4 Å². The van der Waals surface area contributed by atoms with Crippen LogP contribution in [0.25, 0.3) is 10.9 Å². The Morgan fingerprint density at radius 3 is 2.88 bits per heavy atom. The summed E-state index contributed by atoms with van der Waals surface area (Å²) < 4.78 is 0. The largest absolute Gasteiger partial charge is 0.342 e. The molecule has 3 N–H and O–H groups in total. The lowest BCUT2D eigenvalue weighted by Crippen LogP contribution is -2.33. The fourth-order valence-electron chi connectivity index (χ4n) is 4.33. The van der Waals surface area contributed by atoms with Crippen molar-refractivity contribution in [2.24, 2.45) is 17.6 Å². The van der Waals surface area contributed by atoms with Crippen LogP contribution in [0.1, 0.15) is 31.5 Å². The molecule has 1 aromatic carbocycles. The van der Waals surface area contributed by atoms with Gasteiger partial charge in [0.1, 0.15) is 5.82 Å². The summed E-state index contributed by atoms with van der Waals surface area (Å²) in [6.45, 7) is 1.68. The monoisotopic (exact) mass is 376 g/mol. The van der Waals surface area contributed by atoms with Gasteiger partial charge in [0.05, 0.1) is 10.9 Å². The van der Waals surface area contributed by atoms with E-state index in [0.717, 1.165) is 25.9 Å². The van der Waals surface area contributed by atoms with E-state index in [1.165, 1.54) is 0 Å². The molecule has 0 spiro atoms. The molecule has 140 valence electrons. The molecule has 6 nitrogen and oxygen atoms in total. The van der Waals surface area contributed by atoms with E-state index < -0.39 is 0 Å². The lowest BCUT2D eigenvalue weighted by Gasteiger charge is -2.18. The number of fused-ring (bicyclic) bond motifs is 2. The SMILES string of the molecule is Cl.NC1CCC2CN(C(=O)CCCc3nc4ccccc4c(=O)[nH]3)CC12. The van der Waals surface area contributed by atoms with Crippen molar-refractivity contribution < 1.29 is 4.79 Å². The van der Waals surface area contributed by atoms with Crippen LogP contribution in [0.15, 0.2) is 29.1 Å². The maximum absolute atomic E-state index is 12.4. The van der Waals surface area contributed by atoms with Crippen LogP contribution in [0, 0.1) is 11.8 Å². The second-order valence-electron chi connectivity index (χ2n) is 7.35. The number of nitrogens with one attached hydrogen (secondary N) is 1. The zero-order valence-corrected chi connectivity index (χ0v) is 15.5. The first-order valence-electron chi connectivity index (χ1n) is 9.13. The van der Waals surface area contributed by atoms with Gasteiger partial charge in [-0.2, -0.15) is 0 Å². The van der Waals surface area contributed by atoms with Crippen LogP contribution in [0.4, 0.5) is 0 Å². The number of hydrogen-bond donors (Lipinski definition) is 2. The number of benzene rings is 1. The second-order valence-corrected chi connectivity index (χ2v) is 7.35. The van der Waals surface area contributed by atoms with E-state index in [0.29, 0.717) is 47.8 Å². The van der Waals surface area contributed by atoms with E-state index >= 15 is 0 Å². The Kier molecular flexibility index (Phi) is 5.63. The third-order valence-electron chi connectivity index (χ3n) is 5.73. The van der Waals surface area contributed by atoms with Crippen LogP contribution in [0.5, 0.6) is 0 Å². The molecule has 2 fully saturated rings. The Labute approximate surface area is 158 Å². The molecule has 1 aliphatic carbocycles. The Balaban J connectivity index is 0.00000196. The van der Waals surface area contributed by atoms with Crippen molar-refractivity contribution in [2.75, 3.05) is 13.1 Å². The van der Waals surface area contributed by atoms with Gasteiger partial charge < -0.3 is 15.6 Å². The first-order chi connectivity index (χ1) is 12.1. The quantitative estimate of drug-likeness (QED) is 0.851. The predicted molar refractivity (Wildman–Crippen MR) is 103 cm³/mol. The molecular formula is C19H25ClN4O2. The molecule has 1 aliphatic heterocycles. The minimum atomic E-state index is -0.117. The normalized spacial score (nSPS) is 24.5. The minimum Gasteiger partial charge on any atom is -0.342 e. The Bertz CT molecular complexity index is 853. The van der Waals surface area contributed by atoms with Crippen molar-refractivity contribution >= 4 is 29.2 Å². The van der Waals surface area contributed by atoms with Crippen molar-refractivity contribution in [1.29, 1.82) is 0 Å². The topological polar surface area (TPSA) is 92.1 Å². The van der Waals surface area contributed by atoms with Crippen LogP contribution in [0.2, 0.25) is 0 Å². The first kappa shape index (κ1) is 18.9. The minimum absolute atomic E-state index is 0. The van der Waals surface area contributed by atoms with E-state index in [2.05, 4.69) is 9.97 Å². The maximum Gasteiger partial charge on any atom is 0.258 e. The first-order valence-corrected chi connectivity index (χ1v) is 9.13. The molecule has 1 saturated carbocycles. The molecule has 1 amide bonds. The average Bonchev–Trinajstić information content (AvgIpc) is 3.17. The van der Waals surface area contributed by atoms with E-state index in [4.69, 9.17) is 5.73 Å². The van der Waals surface area contributed by atoms with Gasteiger partial charge in [-0.15, -0.1) is 12.4 Å². The third kappa shape index (κ3) is 3.62. The highest BCUT2D eigenvalue weighted by molar-refractivity contribution is 5.85. The number of para-hydroxylation sites is 1. The number of carbonyl (C=O) groups excluding carboxylic acids is 1. The van der Waals surface area contributed by atoms with Crippen molar-refractivity contribution in [3.63, 3.8) is 0 Å². The summed E-state index contributed by atoms with van der Waals surface area (Å²) in [5.74, 6) is 1.93. The summed E-state index contributed by atoms with van der Waals surface area (Å²) >= 11 is 0. The van der Waals surface area contributed by atoms with Crippen molar-refractivity contribution in [2.45, 2.75) is 38.1 Å². The number of nitrogens with two attached hydrogens (primary N) is 1. The Morgan fingerprint density at radius 2 is 2.08 bits per heavy atom. The van der Waals surface area contributed by atoms with Crippen LogP contribution < -0.4 is 11.3 Å². The number of nitrogens with zero attached hydrogens (tertiary/aromatic N) is 2. The van der Waals surface area contributed by atoms with Gasteiger partial charge in [0, 0.05) is 32.0 Å². The summed E-state index contributed by atoms with van der Waals surface area (Å²) in [5.41, 5.74) is 6.72. The van der Waals surface area contributed by atoms with E-state index in [-0.39, 0.29) is 29.9 Å². The third-order valence-corrected chi connectivity index (χ3v) is 5.73. The fourth-order valence-corrected chi connectivity index (χ4v) is 4.33. The molecule has 2 aromatic rings. The number of aromatic amines is 1. The summed E-state index contributed by atoms with van der Waals surface area (Å²) in [6.07, 6.45) is 4.03. The van der Waals surface area contributed by atoms with Gasteiger partial charge in [0.25, 0.3) is 5.56 Å². The second kappa shape index (κ2) is 7.76. The molecule has 1 aromatic heterocycles. The molecule has 3 atom stereocenters. The Morgan fingerprint density at radius 1 is 1.27 bits per heavy atom. The lowest BCUT2D eigenvalue weighted by atomic mass is 9.98. The summed E-state index contributed by atoms with van der Waals surface area (Å²) in [5, 5.41) is 0.599. The maximum atomic E-state index is 12.4. The number of aryl methyl sites for hydroxylation is 1. The number of rotatable bonds is 4. The number of likely N-dealkylation sites (tertiary alicyclic amines) is 1. The van der Waals surface area contributed by atoms with Gasteiger partial charge in [-0.3, -0.25) is 9.59 Å². The number of carbonyl (C=O) groups is 1. The number of amides is 1. The van der Waals surface area contributed by atoms with Crippen LogP contribution in [-0.4, -0.2) is 39.9 Å². The molecule has 2 aliphatic rings. The highest BCUT2D eigenvalue weighted by atomic mass is 35.5. The zero-order chi connectivity index (χ0) is 17.4. The standard InChI is InChI=1S/C19H24N4O2.ClH/c20-15-9-8-12-10-23(11-14(12)15)18(24)7-3-6-17-21-16-5-2-1-4-13(16)19(25)22-17;/h1-2,4-5,12,14-15H,3,6-11,20H2,(H,21,22,25);1H. The molecular weight excluding hydrogens is 352 g/mol. The highest BCUT2D eigenvalue weighted by Crippen LogP contribution is 2.37. The molecule has 2 heterocycles. The fraction of sp³-hybridized carbons (Fsp3) is 0.526. The zero-order valence-electron chi connectivity index (χ0n) is 14.7. The van der Waals surface area contributed by atoms with Gasteiger partial charge in [-0.05, 0) is 43.2 Å².